The van der Waals surface area contributed by atoms with Crippen LogP contribution in [0.1, 0.15) is 0 Å². The SMILES string of the molecule is CN(C)CCNS(=O)(=O)c1ccc(F)cc1. The van der Waals surface area contributed by atoms with Crippen molar-refractivity contribution >= 4 is 10.0 Å². The number of sulfonamides is 1. The molecule has 0 aliphatic carbocycles. The van der Waals surface area contributed by atoms with Crippen LogP contribution in [0.15, 0.2) is 29.2 Å². The van der Waals surface area contributed by atoms with Gasteiger partial charge in [0.2, 0.25) is 10.0 Å². The van der Waals surface area contributed by atoms with E-state index in [0.717, 1.165) is 12.1 Å². The first-order chi connectivity index (χ1) is 7.42. The molecule has 1 aromatic carbocycles. The Hall–Kier alpha value is -0.980. The van der Waals surface area contributed by atoms with Gasteiger partial charge in [-0.15, -0.1) is 0 Å². The highest BCUT2D eigenvalue weighted by Crippen LogP contribution is 2.08. The summed E-state index contributed by atoms with van der Waals surface area (Å²) in [4.78, 5) is 1.94. The average Bonchev–Trinajstić information content (AvgIpc) is 2.17. The molecule has 1 aromatic rings. The van der Waals surface area contributed by atoms with Crippen LogP contribution in [0.4, 0.5) is 4.39 Å². The first kappa shape index (κ1) is 13.1. The van der Waals surface area contributed by atoms with Gasteiger partial charge in [-0.05, 0) is 38.4 Å². The highest BCUT2D eigenvalue weighted by molar-refractivity contribution is 7.89. The number of hydrogen-bond donors (Lipinski definition) is 1. The van der Waals surface area contributed by atoms with Crippen LogP contribution < -0.4 is 4.72 Å². The Balaban J connectivity index is 2.67. The average molecular weight is 246 g/mol. The van der Waals surface area contributed by atoms with Gasteiger partial charge in [-0.2, -0.15) is 0 Å². The van der Waals surface area contributed by atoms with Gasteiger partial charge in [0.1, 0.15) is 5.82 Å². The minimum atomic E-state index is -3.52. The normalized spacial score (nSPS) is 12.0. The van der Waals surface area contributed by atoms with E-state index in [4.69, 9.17) is 0 Å². The van der Waals surface area contributed by atoms with E-state index in [9.17, 15) is 12.8 Å². The van der Waals surface area contributed by atoms with Crippen LogP contribution in [0.3, 0.4) is 0 Å². The van der Waals surface area contributed by atoms with Gasteiger partial charge in [-0.1, -0.05) is 0 Å². The zero-order valence-electron chi connectivity index (χ0n) is 9.27. The van der Waals surface area contributed by atoms with E-state index >= 15 is 0 Å². The fraction of sp³-hybridized carbons (Fsp3) is 0.400. The molecule has 0 atom stereocenters. The summed E-state index contributed by atoms with van der Waals surface area (Å²) in [5.74, 6) is -0.452. The topological polar surface area (TPSA) is 49.4 Å². The van der Waals surface area contributed by atoms with Gasteiger partial charge in [-0.25, -0.2) is 17.5 Å². The molecule has 0 fully saturated rings. The first-order valence-electron chi connectivity index (χ1n) is 4.82. The molecule has 6 heteroatoms. The Morgan fingerprint density at radius 3 is 2.31 bits per heavy atom. The summed E-state index contributed by atoms with van der Waals surface area (Å²) in [6.07, 6.45) is 0. The lowest BCUT2D eigenvalue weighted by atomic mass is 10.4. The van der Waals surface area contributed by atoms with Crippen LogP contribution in [-0.4, -0.2) is 40.5 Å². The number of nitrogens with one attached hydrogen (secondary N) is 1. The van der Waals surface area contributed by atoms with Crippen LogP contribution >= 0.6 is 0 Å². The number of likely N-dealkylation sites (N-methyl/N-ethyl adjacent to an activating group) is 1. The molecule has 0 bridgehead atoms. The van der Waals surface area contributed by atoms with Gasteiger partial charge in [0.25, 0.3) is 0 Å². The van der Waals surface area contributed by atoms with E-state index in [1.165, 1.54) is 12.1 Å². The van der Waals surface area contributed by atoms with Crippen molar-refractivity contribution in [3.8, 4) is 0 Å². The van der Waals surface area contributed by atoms with Crippen LogP contribution in [0.5, 0.6) is 0 Å². The van der Waals surface area contributed by atoms with Crippen molar-refractivity contribution in [2.75, 3.05) is 27.2 Å². The van der Waals surface area contributed by atoms with E-state index in [1.807, 2.05) is 19.0 Å². The molecular weight excluding hydrogens is 231 g/mol. The lowest BCUT2D eigenvalue weighted by Crippen LogP contribution is -2.31. The van der Waals surface area contributed by atoms with Crippen molar-refractivity contribution in [1.82, 2.24) is 9.62 Å². The monoisotopic (exact) mass is 246 g/mol. The summed E-state index contributed by atoms with van der Waals surface area (Å²) >= 11 is 0. The molecule has 0 unspecified atom stereocenters. The second kappa shape index (κ2) is 5.38. The minimum Gasteiger partial charge on any atom is -0.308 e. The van der Waals surface area contributed by atoms with Gasteiger partial charge in [0.05, 0.1) is 4.90 Å². The van der Waals surface area contributed by atoms with E-state index < -0.39 is 15.8 Å². The Morgan fingerprint density at radius 2 is 1.81 bits per heavy atom. The first-order valence-corrected chi connectivity index (χ1v) is 6.30. The van der Waals surface area contributed by atoms with Gasteiger partial charge < -0.3 is 4.90 Å². The second-order valence-corrected chi connectivity index (χ2v) is 5.42. The lowest BCUT2D eigenvalue weighted by Gasteiger charge is -2.10. The maximum atomic E-state index is 12.6. The van der Waals surface area contributed by atoms with Crippen molar-refractivity contribution < 1.29 is 12.8 Å². The number of halogens is 1. The Bertz CT molecular complexity index is 429. The summed E-state index contributed by atoms with van der Waals surface area (Å²) < 4.78 is 38.4. The van der Waals surface area contributed by atoms with Crippen LogP contribution in [0, 0.1) is 5.82 Å². The summed E-state index contributed by atoms with van der Waals surface area (Å²) in [7, 11) is 0.191. The number of hydrogen-bond acceptors (Lipinski definition) is 3. The Morgan fingerprint density at radius 1 is 1.25 bits per heavy atom. The van der Waals surface area contributed by atoms with E-state index in [0.29, 0.717) is 13.1 Å². The predicted octanol–water partition coefficient (Wildman–Crippen LogP) is 0.666. The molecule has 16 heavy (non-hydrogen) atoms. The fourth-order valence-corrected chi connectivity index (χ4v) is 2.12. The molecule has 0 heterocycles. The van der Waals surface area contributed by atoms with Crippen LogP contribution in [0.25, 0.3) is 0 Å². The standard InChI is InChI=1S/C10H15FN2O2S/c1-13(2)8-7-12-16(14,15)10-5-3-9(11)4-6-10/h3-6,12H,7-8H2,1-2H3. The van der Waals surface area contributed by atoms with E-state index in [2.05, 4.69) is 4.72 Å². The van der Waals surface area contributed by atoms with Crippen LogP contribution in [0.2, 0.25) is 0 Å². The third-order valence-corrected chi connectivity index (χ3v) is 3.45. The predicted molar refractivity (Wildman–Crippen MR) is 60.1 cm³/mol. The molecule has 0 aliphatic rings. The summed E-state index contributed by atoms with van der Waals surface area (Å²) in [5.41, 5.74) is 0. The molecule has 90 valence electrons. The molecule has 0 aromatic heterocycles. The van der Waals surface area contributed by atoms with Crippen molar-refractivity contribution in [3.05, 3.63) is 30.1 Å². The summed E-state index contributed by atoms with van der Waals surface area (Å²) in [6, 6.07) is 4.74. The number of nitrogens with zero attached hydrogens (tertiary/aromatic N) is 1. The molecule has 0 aliphatic heterocycles. The molecule has 0 saturated carbocycles. The highest BCUT2D eigenvalue weighted by atomic mass is 32.2. The minimum absolute atomic E-state index is 0.0765. The second-order valence-electron chi connectivity index (χ2n) is 3.65. The maximum absolute atomic E-state index is 12.6. The summed E-state index contributed by atoms with van der Waals surface area (Å²) in [6.45, 7) is 0.938. The van der Waals surface area contributed by atoms with Gasteiger partial charge in [0, 0.05) is 13.1 Å². The van der Waals surface area contributed by atoms with Gasteiger partial charge in [-0.3, -0.25) is 0 Å². The zero-order chi connectivity index (χ0) is 12.2. The molecule has 0 radical (unpaired) electrons. The molecular formula is C10H15FN2O2S. The van der Waals surface area contributed by atoms with Crippen molar-refractivity contribution in [2.45, 2.75) is 4.90 Å². The van der Waals surface area contributed by atoms with E-state index in [1.54, 1.807) is 0 Å². The molecule has 0 saturated heterocycles. The third kappa shape index (κ3) is 3.88. The highest BCUT2D eigenvalue weighted by Gasteiger charge is 2.12. The molecule has 0 amide bonds. The molecule has 0 spiro atoms. The zero-order valence-corrected chi connectivity index (χ0v) is 10.1. The molecule has 4 nitrogen and oxygen atoms in total. The van der Waals surface area contributed by atoms with Gasteiger partial charge >= 0.3 is 0 Å². The van der Waals surface area contributed by atoms with Crippen molar-refractivity contribution in [3.63, 3.8) is 0 Å². The van der Waals surface area contributed by atoms with Crippen molar-refractivity contribution in [2.24, 2.45) is 0 Å². The smallest absolute Gasteiger partial charge is 0.240 e. The fourth-order valence-electron chi connectivity index (χ4n) is 1.10. The number of benzene rings is 1. The lowest BCUT2D eigenvalue weighted by molar-refractivity contribution is 0.412. The quantitative estimate of drug-likeness (QED) is 0.830. The number of rotatable bonds is 5. The molecule has 1 rings (SSSR count). The Labute approximate surface area is 95.1 Å². The van der Waals surface area contributed by atoms with E-state index in [-0.39, 0.29) is 4.90 Å². The third-order valence-electron chi connectivity index (χ3n) is 1.98. The molecule has 1 N–H and O–H groups in total. The van der Waals surface area contributed by atoms with Crippen LogP contribution in [-0.2, 0) is 10.0 Å². The maximum Gasteiger partial charge on any atom is 0.240 e. The Kier molecular flexibility index (Phi) is 4.40. The van der Waals surface area contributed by atoms with Gasteiger partial charge in [0.15, 0.2) is 0 Å². The largest absolute Gasteiger partial charge is 0.308 e. The van der Waals surface area contributed by atoms with Crippen molar-refractivity contribution in [1.29, 1.82) is 0 Å². The summed E-state index contributed by atoms with van der Waals surface area (Å²) in [5, 5.41) is 0.